The second kappa shape index (κ2) is 11.3. The Hall–Kier alpha value is -4.58. The maximum absolute atomic E-state index is 12.2. The molecule has 0 aliphatic heterocycles. The first kappa shape index (κ1) is 22.6. The highest BCUT2D eigenvalue weighted by atomic mass is 17.2. The van der Waals surface area contributed by atoms with E-state index in [0.29, 0.717) is 24.7 Å². The summed E-state index contributed by atoms with van der Waals surface area (Å²) in [6.07, 6.45) is 0. The van der Waals surface area contributed by atoms with Gasteiger partial charge in [0.25, 0.3) is 0 Å². The van der Waals surface area contributed by atoms with Crippen molar-refractivity contribution in [1.82, 2.24) is 0 Å². The van der Waals surface area contributed by atoms with E-state index in [2.05, 4.69) is 9.78 Å². The van der Waals surface area contributed by atoms with Crippen LogP contribution < -0.4 is 9.47 Å². The van der Waals surface area contributed by atoms with Gasteiger partial charge >= 0.3 is 11.9 Å². The van der Waals surface area contributed by atoms with Gasteiger partial charge in [-0.2, -0.15) is 0 Å². The molecule has 0 unspecified atom stereocenters. The Morgan fingerprint density at radius 3 is 1.18 bits per heavy atom. The van der Waals surface area contributed by atoms with Crippen LogP contribution in [0.5, 0.6) is 11.5 Å². The molecule has 0 radical (unpaired) electrons. The predicted molar refractivity (Wildman–Crippen MR) is 125 cm³/mol. The standard InChI is InChI=1S/C28H22O6/c29-27(23-11-15-25(16-12-23)31-19-21-7-3-1-4-8-21)33-34-28(30)24-13-17-26(18-14-24)32-20-22-9-5-2-6-10-22/h1-18H,19-20H2. The fourth-order valence-corrected chi connectivity index (χ4v) is 3.03. The first-order valence-electron chi connectivity index (χ1n) is 10.6. The van der Waals surface area contributed by atoms with Crippen molar-refractivity contribution in [2.75, 3.05) is 0 Å². The molecule has 4 aromatic rings. The molecule has 4 rings (SSSR count). The maximum Gasteiger partial charge on any atom is 0.386 e. The van der Waals surface area contributed by atoms with E-state index in [1.54, 1.807) is 24.3 Å². The lowest BCUT2D eigenvalue weighted by atomic mass is 10.2. The largest absolute Gasteiger partial charge is 0.489 e. The molecule has 0 aromatic heterocycles. The number of carbonyl (C=O) groups is 2. The third kappa shape index (κ3) is 6.46. The molecule has 0 atom stereocenters. The smallest absolute Gasteiger partial charge is 0.386 e. The topological polar surface area (TPSA) is 71.1 Å². The van der Waals surface area contributed by atoms with Crippen LogP contribution in [0.4, 0.5) is 0 Å². The highest BCUT2D eigenvalue weighted by Gasteiger charge is 2.14. The van der Waals surface area contributed by atoms with Crippen LogP contribution in [0.25, 0.3) is 0 Å². The number of hydrogen-bond acceptors (Lipinski definition) is 6. The Bertz CT molecular complexity index is 1100. The number of carbonyl (C=O) groups excluding carboxylic acids is 2. The zero-order chi connectivity index (χ0) is 23.6. The number of rotatable bonds is 8. The summed E-state index contributed by atoms with van der Waals surface area (Å²) in [5.41, 5.74) is 2.52. The second-order valence-electron chi connectivity index (χ2n) is 7.34. The van der Waals surface area contributed by atoms with Crippen molar-refractivity contribution in [2.45, 2.75) is 13.2 Å². The van der Waals surface area contributed by atoms with Gasteiger partial charge in [0, 0.05) is 0 Å². The van der Waals surface area contributed by atoms with Gasteiger partial charge in [-0.1, -0.05) is 60.7 Å². The summed E-state index contributed by atoms with van der Waals surface area (Å²) in [5, 5.41) is 0. The first-order chi connectivity index (χ1) is 16.7. The van der Waals surface area contributed by atoms with Gasteiger partial charge in [0.05, 0.1) is 11.1 Å². The molecule has 34 heavy (non-hydrogen) atoms. The van der Waals surface area contributed by atoms with E-state index in [1.807, 2.05) is 60.7 Å². The zero-order valence-corrected chi connectivity index (χ0v) is 18.3. The lowest BCUT2D eigenvalue weighted by Crippen LogP contribution is -2.11. The van der Waals surface area contributed by atoms with E-state index in [1.165, 1.54) is 24.3 Å². The van der Waals surface area contributed by atoms with Crippen molar-refractivity contribution in [3.05, 3.63) is 131 Å². The molecule has 0 saturated carbocycles. The predicted octanol–water partition coefficient (Wildman–Crippen LogP) is 5.77. The van der Waals surface area contributed by atoms with E-state index in [-0.39, 0.29) is 11.1 Å². The Balaban J connectivity index is 1.23. The monoisotopic (exact) mass is 454 g/mol. The Kier molecular flexibility index (Phi) is 7.54. The van der Waals surface area contributed by atoms with Crippen molar-refractivity contribution in [1.29, 1.82) is 0 Å². The van der Waals surface area contributed by atoms with Crippen LogP contribution in [0.1, 0.15) is 31.8 Å². The van der Waals surface area contributed by atoms with Crippen LogP contribution in [0.2, 0.25) is 0 Å². The molecule has 6 nitrogen and oxygen atoms in total. The summed E-state index contributed by atoms with van der Waals surface area (Å²) < 4.78 is 11.4. The third-order valence-corrected chi connectivity index (χ3v) is 4.87. The minimum absolute atomic E-state index is 0.226. The molecule has 0 fully saturated rings. The van der Waals surface area contributed by atoms with Gasteiger partial charge in [0.2, 0.25) is 0 Å². The van der Waals surface area contributed by atoms with Gasteiger partial charge in [0.15, 0.2) is 0 Å². The van der Waals surface area contributed by atoms with Crippen LogP contribution in [0.15, 0.2) is 109 Å². The van der Waals surface area contributed by atoms with Gasteiger partial charge in [-0.15, -0.1) is 0 Å². The molecule has 0 aliphatic carbocycles. The van der Waals surface area contributed by atoms with Crippen molar-refractivity contribution in [3.8, 4) is 11.5 Å². The Morgan fingerprint density at radius 1 is 0.471 bits per heavy atom. The van der Waals surface area contributed by atoms with Crippen molar-refractivity contribution in [3.63, 3.8) is 0 Å². The first-order valence-corrected chi connectivity index (χ1v) is 10.6. The minimum atomic E-state index is -0.786. The quantitative estimate of drug-likeness (QED) is 0.249. The van der Waals surface area contributed by atoms with E-state index >= 15 is 0 Å². The number of benzene rings is 4. The molecular weight excluding hydrogens is 432 g/mol. The summed E-state index contributed by atoms with van der Waals surface area (Å²) in [6.45, 7) is 0.830. The van der Waals surface area contributed by atoms with Gasteiger partial charge < -0.3 is 9.47 Å². The van der Waals surface area contributed by atoms with Crippen molar-refractivity contribution >= 4 is 11.9 Å². The highest BCUT2D eigenvalue weighted by molar-refractivity contribution is 5.92. The van der Waals surface area contributed by atoms with Crippen LogP contribution in [-0.2, 0) is 23.0 Å². The summed E-state index contributed by atoms with van der Waals surface area (Å²) in [7, 11) is 0. The molecule has 6 heteroatoms. The van der Waals surface area contributed by atoms with Crippen LogP contribution in [0, 0.1) is 0 Å². The average Bonchev–Trinajstić information content (AvgIpc) is 2.91. The summed E-state index contributed by atoms with van der Waals surface area (Å²) in [6, 6.07) is 32.2. The van der Waals surface area contributed by atoms with Gasteiger partial charge in [0.1, 0.15) is 24.7 Å². The SMILES string of the molecule is O=C(OOC(=O)c1ccc(OCc2ccccc2)cc1)c1ccc(OCc2ccccc2)cc1. The van der Waals surface area contributed by atoms with E-state index in [9.17, 15) is 9.59 Å². The molecule has 0 spiro atoms. The number of ether oxygens (including phenoxy) is 2. The minimum Gasteiger partial charge on any atom is -0.489 e. The maximum atomic E-state index is 12.2. The van der Waals surface area contributed by atoms with E-state index in [0.717, 1.165) is 11.1 Å². The molecular formula is C28H22O6. The van der Waals surface area contributed by atoms with Crippen LogP contribution >= 0.6 is 0 Å². The van der Waals surface area contributed by atoms with Crippen LogP contribution in [-0.4, -0.2) is 11.9 Å². The molecule has 0 saturated heterocycles. The zero-order valence-electron chi connectivity index (χ0n) is 18.3. The summed E-state index contributed by atoms with van der Waals surface area (Å²) >= 11 is 0. The molecule has 0 bridgehead atoms. The van der Waals surface area contributed by atoms with Crippen LogP contribution in [0.3, 0.4) is 0 Å². The second-order valence-corrected chi connectivity index (χ2v) is 7.34. The Labute approximate surface area is 197 Å². The lowest BCUT2D eigenvalue weighted by molar-refractivity contribution is -0.187. The third-order valence-electron chi connectivity index (χ3n) is 4.87. The van der Waals surface area contributed by atoms with Gasteiger partial charge in [-0.3, -0.25) is 0 Å². The molecule has 170 valence electrons. The average molecular weight is 454 g/mol. The summed E-state index contributed by atoms with van der Waals surface area (Å²) in [5.74, 6) is -0.365. The summed E-state index contributed by atoms with van der Waals surface area (Å²) in [4.78, 5) is 33.7. The van der Waals surface area contributed by atoms with E-state index < -0.39 is 11.9 Å². The molecule has 0 aliphatic rings. The fraction of sp³-hybridized carbons (Fsp3) is 0.0714. The molecule has 4 aromatic carbocycles. The number of hydrogen-bond donors (Lipinski definition) is 0. The van der Waals surface area contributed by atoms with Gasteiger partial charge in [-0.05, 0) is 59.7 Å². The highest BCUT2D eigenvalue weighted by Crippen LogP contribution is 2.17. The molecule has 0 amide bonds. The fourth-order valence-electron chi connectivity index (χ4n) is 3.03. The van der Waals surface area contributed by atoms with Crippen molar-refractivity contribution in [2.24, 2.45) is 0 Å². The van der Waals surface area contributed by atoms with Gasteiger partial charge in [-0.25, -0.2) is 19.4 Å². The lowest BCUT2D eigenvalue weighted by Gasteiger charge is -2.08. The molecule has 0 N–H and O–H groups in total. The van der Waals surface area contributed by atoms with E-state index in [4.69, 9.17) is 9.47 Å². The molecule has 0 heterocycles. The van der Waals surface area contributed by atoms with Crippen molar-refractivity contribution < 1.29 is 28.8 Å². The Morgan fingerprint density at radius 2 is 0.824 bits per heavy atom. The normalized spacial score (nSPS) is 10.2.